The highest BCUT2D eigenvalue weighted by Crippen LogP contribution is 2.32. The number of ether oxygens (including phenoxy) is 1. The molecule has 0 spiro atoms. The number of hydrogen-bond donors (Lipinski definition) is 8. The van der Waals surface area contributed by atoms with Crippen LogP contribution in [0.25, 0.3) is 10.9 Å². The van der Waals surface area contributed by atoms with Gasteiger partial charge in [-0.15, -0.1) is 0 Å². The van der Waals surface area contributed by atoms with Gasteiger partial charge in [0.2, 0.25) is 23.6 Å². The van der Waals surface area contributed by atoms with Crippen LogP contribution in [0, 0.1) is 18.3 Å². The van der Waals surface area contributed by atoms with E-state index in [0.29, 0.717) is 93.8 Å². The fourth-order valence-corrected chi connectivity index (χ4v) is 11.9. The summed E-state index contributed by atoms with van der Waals surface area (Å²) in [6, 6.07) is 14.2. The highest BCUT2D eigenvalue weighted by Gasteiger charge is 2.47. The number of aliphatic hydroxyl groups is 1. The number of carboxylic acid groups (broad SMARTS) is 3. The number of alkyl halides is 2. The van der Waals surface area contributed by atoms with Crippen LogP contribution in [-0.2, 0) is 44.8 Å². The van der Waals surface area contributed by atoms with Crippen LogP contribution in [0.2, 0.25) is 0 Å². The minimum atomic E-state index is -3.18. The number of hydrogen-bond acceptors (Lipinski definition) is 19. The summed E-state index contributed by atoms with van der Waals surface area (Å²) in [7, 11) is 0. The zero-order valence-corrected chi connectivity index (χ0v) is 53.6. The zero-order chi connectivity index (χ0) is 67.3. The molecule has 6 amide bonds. The normalized spacial score (nSPS) is 17.9. The summed E-state index contributed by atoms with van der Waals surface area (Å²) >= 11 is 1.28. The van der Waals surface area contributed by atoms with Gasteiger partial charge in [-0.05, 0) is 88.2 Å². The molecule has 1 aromatic heterocycles. The first-order valence-corrected chi connectivity index (χ1v) is 32.8. The van der Waals surface area contributed by atoms with Crippen molar-refractivity contribution in [3.05, 3.63) is 71.4 Å². The lowest BCUT2D eigenvalue weighted by molar-refractivity contribution is -0.141. The van der Waals surface area contributed by atoms with Gasteiger partial charge in [0.05, 0.1) is 63.0 Å². The molecule has 8 N–H and O–H groups in total. The van der Waals surface area contributed by atoms with Gasteiger partial charge < -0.3 is 56.2 Å². The summed E-state index contributed by atoms with van der Waals surface area (Å²) < 4.78 is 33.8. The third-order valence-corrected chi connectivity index (χ3v) is 17.3. The number of aryl methyl sites for hydroxylation is 2. The lowest BCUT2D eigenvalue weighted by Crippen LogP contribution is -2.52. The van der Waals surface area contributed by atoms with Gasteiger partial charge in [0.1, 0.15) is 23.9 Å². The highest BCUT2D eigenvalue weighted by atomic mass is 32.2. The van der Waals surface area contributed by atoms with Crippen LogP contribution >= 0.6 is 11.8 Å². The number of aliphatic hydroxyl groups excluding tert-OH is 1. The largest absolute Gasteiger partial charge is 0.494 e. The van der Waals surface area contributed by atoms with Gasteiger partial charge in [-0.2, -0.15) is 17.0 Å². The van der Waals surface area contributed by atoms with Crippen molar-refractivity contribution in [3.8, 4) is 11.8 Å². The maximum absolute atomic E-state index is 13.9. The number of aromatic nitrogens is 1. The van der Waals surface area contributed by atoms with E-state index in [1.165, 1.54) is 24.0 Å². The average molecular weight is 1320 g/mol. The third-order valence-electron chi connectivity index (χ3n) is 16.3. The Hall–Kier alpha value is -7.66. The molecule has 3 fully saturated rings. The maximum Gasteiger partial charge on any atom is 0.317 e. The number of aliphatic carboxylic acids is 3. The van der Waals surface area contributed by atoms with Gasteiger partial charge in [0.15, 0.2) is 0 Å². The van der Waals surface area contributed by atoms with Crippen molar-refractivity contribution in [2.75, 3.05) is 156 Å². The summed E-state index contributed by atoms with van der Waals surface area (Å²) in [5.74, 6) is -8.39. The lowest BCUT2D eigenvalue weighted by Gasteiger charge is -2.35. The molecule has 0 radical (unpaired) electrons. The molecule has 0 unspecified atom stereocenters. The molecule has 3 aliphatic heterocycles. The smallest absolute Gasteiger partial charge is 0.317 e. The van der Waals surface area contributed by atoms with Gasteiger partial charge in [0, 0.05) is 128 Å². The molecule has 3 saturated heterocycles. The number of unbranched alkanes of at least 4 members (excludes halogenated alkanes) is 2. The Balaban J connectivity index is 0.922. The molecule has 3 aromatic rings. The van der Waals surface area contributed by atoms with E-state index in [9.17, 15) is 77.6 Å². The first-order chi connectivity index (χ1) is 44.5. The Morgan fingerprint density at radius 2 is 1.33 bits per heavy atom. The molecule has 0 saturated carbocycles. The van der Waals surface area contributed by atoms with Crippen LogP contribution < -0.4 is 26.0 Å². The third kappa shape index (κ3) is 26.7. The minimum Gasteiger partial charge on any atom is -0.494 e. The number of piperazine rings is 1. The molecule has 27 nitrogen and oxygen atoms in total. The van der Waals surface area contributed by atoms with Crippen molar-refractivity contribution in [1.29, 1.82) is 5.26 Å². The van der Waals surface area contributed by atoms with E-state index in [1.807, 2.05) is 31.2 Å². The van der Waals surface area contributed by atoms with Gasteiger partial charge >= 0.3 is 17.9 Å². The molecule has 510 valence electrons. The Morgan fingerprint density at radius 1 is 0.720 bits per heavy atom. The molecule has 0 bridgehead atoms. The zero-order valence-electron chi connectivity index (χ0n) is 52.8. The molecule has 30 heteroatoms. The van der Waals surface area contributed by atoms with E-state index in [0.717, 1.165) is 35.4 Å². The predicted molar refractivity (Wildman–Crippen MR) is 340 cm³/mol. The Labute approximate surface area is 544 Å². The number of thioether (sulfide) groups is 1. The molecule has 3 aliphatic rings. The van der Waals surface area contributed by atoms with Crippen molar-refractivity contribution in [1.82, 2.24) is 60.6 Å². The van der Waals surface area contributed by atoms with Crippen molar-refractivity contribution in [3.63, 3.8) is 0 Å². The Bertz CT molecular complexity index is 3000. The van der Waals surface area contributed by atoms with Gasteiger partial charge in [-0.1, -0.05) is 29.8 Å². The SMILES string of the molecule is Cc1ccc(CCCC(=O)NCCCC[C@H](NC(=O)CN2CCN(CC(=O)O)CCN(CC(=O)O)CCN(CC(=O)O)CC2)C(=O)NCCSC[C@@H](O)C(=O)N2CCN(CCCCOc3ccc4nccc(C(=O)NCC(=O)N5CC(F)(F)C[C@@H]5C#N)c4c3)CC2)cc1. The van der Waals surface area contributed by atoms with Crippen molar-refractivity contribution in [2.45, 2.75) is 88.8 Å². The van der Waals surface area contributed by atoms with E-state index in [4.69, 9.17) is 4.74 Å². The van der Waals surface area contributed by atoms with Crippen LogP contribution in [0.3, 0.4) is 0 Å². The van der Waals surface area contributed by atoms with E-state index < -0.39 is 91.1 Å². The summed E-state index contributed by atoms with van der Waals surface area (Å²) in [4.78, 5) is 131. The quantitative estimate of drug-likeness (QED) is 0.0384. The number of carboxylic acids is 3. The van der Waals surface area contributed by atoms with Gasteiger partial charge in [-0.3, -0.25) is 72.6 Å². The fourth-order valence-electron chi connectivity index (χ4n) is 11.1. The summed E-state index contributed by atoms with van der Waals surface area (Å²) in [5.41, 5.74) is 3.01. The number of halogens is 2. The molecule has 3 atom stereocenters. The Morgan fingerprint density at radius 3 is 1.95 bits per heavy atom. The van der Waals surface area contributed by atoms with Crippen molar-refractivity contribution < 1.29 is 77.1 Å². The van der Waals surface area contributed by atoms with Gasteiger partial charge in [-0.25, -0.2) is 8.78 Å². The second-order valence-corrected chi connectivity index (χ2v) is 24.8. The molecule has 93 heavy (non-hydrogen) atoms. The number of benzene rings is 2. The summed E-state index contributed by atoms with van der Waals surface area (Å²) in [6.07, 6.45) is 3.88. The van der Waals surface area contributed by atoms with Crippen LogP contribution in [-0.4, -0.2) is 293 Å². The minimum absolute atomic E-state index is 0.0787. The number of rotatable bonds is 34. The van der Waals surface area contributed by atoms with E-state index >= 15 is 0 Å². The molecule has 0 aliphatic carbocycles. The number of amides is 6. The second-order valence-electron chi connectivity index (χ2n) is 23.6. The second kappa shape index (κ2) is 38.5. The lowest BCUT2D eigenvalue weighted by atomic mass is 10.1. The monoisotopic (exact) mass is 1320 g/mol. The maximum atomic E-state index is 13.9. The van der Waals surface area contributed by atoms with Crippen molar-refractivity contribution >= 4 is 76.0 Å². The van der Waals surface area contributed by atoms with Crippen LogP contribution in [0.15, 0.2) is 54.7 Å². The summed E-state index contributed by atoms with van der Waals surface area (Å²) in [6.45, 7) is 4.66. The fraction of sp³-hybridized carbons (Fsp3) is 0.603. The summed E-state index contributed by atoms with van der Waals surface area (Å²) in [5, 5.41) is 60.6. The first-order valence-electron chi connectivity index (χ1n) is 31.6. The van der Waals surface area contributed by atoms with E-state index in [-0.39, 0.29) is 109 Å². The number of nitrogens with one attached hydrogen (secondary N) is 4. The molecule has 6 rings (SSSR count). The first kappa shape index (κ1) is 74.4. The number of nitriles is 1. The average Bonchev–Trinajstić information content (AvgIpc) is 1.56. The molecular weight excluding hydrogens is 1230 g/mol. The van der Waals surface area contributed by atoms with E-state index in [2.05, 4.69) is 31.2 Å². The number of carbonyl (C=O) groups excluding carboxylic acids is 6. The van der Waals surface area contributed by atoms with Crippen LogP contribution in [0.1, 0.15) is 72.9 Å². The van der Waals surface area contributed by atoms with Crippen molar-refractivity contribution in [2.24, 2.45) is 0 Å². The molecule has 2 aromatic carbocycles. The van der Waals surface area contributed by atoms with Gasteiger partial charge in [0.25, 0.3) is 17.7 Å². The van der Waals surface area contributed by atoms with E-state index in [1.54, 1.807) is 48.8 Å². The number of likely N-dealkylation sites (tertiary alicyclic amines) is 1. The standard InChI is InChI=1S/C63H89F2N13O14S/c1-45-10-12-46(13-11-45)7-6-9-54(80)68-17-3-2-8-52(71-55(81)39-73-21-23-74(40-57(83)84)25-27-76(42-59(87)88)28-26-75(24-22-73)41-58(85)86)61(90)69-19-34-93-43-53(79)62(91)77-31-29-72(30-32-77)20-4-5-33-92-48-14-15-51-50(35-48)49(16-18-67-51)60(89)70-38-56(82)78-44-63(64,65)36-47(78)37-66/h10-16,18,35,47,52-53,79H,2-9,17,19-34,36,38-44H2,1H3,(H,68,80)(H,69,90)(H,70,89)(H,71,81)(H,83,84)(H,85,86)(H,87,88)/t47-,52+,53-/m1/s1. The van der Waals surface area contributed by atoms with Crippen LogP contribution in [0.5, 0.6) is 5.75 Å². The topological polar surface area (TPSA) is 351 Å². The molecular formula is C63H89F2N13O14S. The van der Waals surface area contributed by atoms with Crippen LogP contribution in [0.4, 0.5) is 8.78 Å². The Kier molecular flexibility index (Phi) is 30.8. The predicted octanol–water partition coefficient (Wildman–Crippen LogP) is 0.816. The number of fused-ring (bicyclic) bond motifs is 1. The number of carbonyl (C=O) groups is 9. The molecule has 4 heterocycles. The number of pyridine rings is 1. The highest BCUT2D eigenvalue weighted by molar-refractivity contribution is 7.99. The number of nitrogens with zero attached hydrogens (tertiary/aromatic N) is 9.